The van der Waals surface area contributed by atoms with E-state index in [1.807, 2.05) is 13.0 Å². The van der Waals surface area contributed by atoms with Gasteiger partial charge in [-0.3, -0.25) is 4.79 Å². The van der Waals surface area contributed by atoms with Crippen LogP contribution in [0.4, 0.5) is 5.69 Å². The van der Waals surface area contributed by atoms with E-state index in [2.05, 4.69) is 52.0 Å². The van der Waals surface area contributed by atoms with E-state index in [0.29, 0.717) is 0 Å². The van der Waals surface area contributed by atoms with Crippen LogP contribution in [-0.4, -0.2) is 44.7 Å². The number of carbonyl (C=O) groups excluding carboxylic acids is 1. The first-order valence-electron chi connectivity index (χ1n) is 8.68. The first kappa shape index (κ1) is 17.0. The van der Waals surface area contributed by atoms with Crippen molar-refractivity contribution in [2.45, 2.75) is 19.4 Å². The average molecular weight is 345 g/mol. The lowest BCUT2D eigenvalue weighted by Gasteiger charge is -2.36. The number of nitrogens with zero attached hydrogens (tertiary/aromatic N) is 1. The topological polar surface area (TPSA) is 36.8 Å². The molecule has 24 heavy (non-hydrogen) atoms. The van der Waals surface area contributed by atoms with E-state index in [0.717, 1.165) is 39.1 Å². The summed E-state index contributed by atoms with van der Waals surface area (Å²) in [6, 6.07) is 14.7. The number of carbonyl (C=O) groups is 1. The van der Waals surface area contributed by atoms with E-state index in [4.69, 9.17) is 0 Å². The molecule has 128 valence electrons. The highest BCUT2D eigenvalue weighted by Gasteiger charge is 2.28. The molecule has 1 aromatic carbocycles. The van der Waals surface area contributed by atoms with E-state index in [-0.39, 0.29) is 11.9 Å². The summed E-state index contributed by atoms with van der Waals surface area (Å²) < 4.78 is 0. The smallest absolute Gasteiger partial charge is 0.278 e. The number of rotatable bonds is 6. The molecule has 2 N–H and O–H groups in total. The van der Waals surface area contributed by atoms with Crippen LogP contribution in [0.15, 0.2) is 47.8 Å². The summed E-state index contributed by atoms with van der Waals surface area (Å²) >= 11 is 1.75. The molecule has 2 aromatic rings. The molecule has 0 bridgehead atoms. The highest BCUT2D eigenvalue weighted by Crippen LogP contribution is 2.12. The molecular weight excluding hydrogens is 318 g/mol. The largest absolute Gasteiger partial charge is 0.360 e. The predicted octanol–water partition coefficient (Wildman–Crippen LogP) is 1.20. The molecule has 0 saturated carbocycles. The minimum absolute atomic E-state index is 0.0197. The van der Waals surface area contributed by atoms with Crippen molar-refractivity contribution in [3.63, 3.8) is 0 Å². The molecule has 1 aliphatic rings. The molecule has 0 spiro atoms. The van der Waals surface area contributed by atoms with Gasteiger partial charge >= 0.3 is 0 Å². The summed E-state index contributed by atoms with van der Waals surface area (Å²) in [5, 5.41) is 5.17. The van der Waals surface area contributed by atoms with Crippen LogP contribution in [-0.2, 0) is 11.2 Å². The fourth-order valence-electron chi connectivity index (χ4n) is 3.23. The van der Waals surface area contributed by atoms with E-state index >= 15 is 0 Å². The van der Waals surface area contributed by atoms with E-state index in [1.54, 1.807) is 11.3 Å². The van der Waals surface area contributed by atoms with Crippen LogP contribution < -0.4 is 15.1 Å². The number of amides is 1. The van der Waals surface area contributed by atoms with Crippen LogP contribution >= 0.6 is 11.3 Å². The van der Waals surface area contributed by atoms with Crippen molar-refractivity contribution < 1.29 is 9.69 Å². The maximum absolute atomic E-state index is 12.4. The van der Waals surface area contributed by atoms with Crippen LogP contribution in [0.3, 0.4) is 0 Å². The Morgan fingerprint density at radius 3 is 2.62 bits per heavy atom. The fourth-order valence-corrected chi connectivity index (χ4v) is 3.94. The highest BCUT2D eigenvalue weighted by molar-refractivity contribution is 7.09. The van der Waals surface area contributed by atoms with Crippen LogP contribution in [0, 0.1) is 0 Å². The molecule has 0 radical (unpaired) electrons. The summed E-state index contributed by atoms with van der Waals surface area (Å²) in [5.41, 5.74) is 1.28. The van der Waals surface area contributed by atoms with E-state index < -0.39 is 0 Å². The van der Waals surface area contributed by atoms with Crippen LogP contribution in [0.1, 0.15) is 11.8 Å². The lowest BCUT2D eigenvalue weighted by Crippen LogP contribution is -3.19. The molecule has 1 amide bonds. The van der Waals surface area contributed by atoms with E-state index in [9.17, 15) is 4.79 Å². The summed E-state index contributed by atoms with van der Waals surface area (Å²) in [4.78, 5) is 17.5. The molecule has 2 heterocycles. The van der Waals surface area contributed by atoms with Gasteiger partial charge in [-0.2, -0.15) is 0 Å². The number of benzene rings is 1. The second kappa shape index (κ2) is 8.31. The Labute approximate surface area is 148 Å². The Kier molecular flexibility index (Phi) is 5.88. The number of para-hydroxylation sites is 1. The van der Waals surface area contributed by atoms with Gasteiger partial charge in [0.05, 0.1) is 26.2 Å². The number of hydrogen-bond donors (Lipinski definition) is 2. The van der Waals surface area contributed by atoms with Crippen LogP contribution in [0.25, 0.3) is 0 Å². The minimum Gasteiger partial charge on any atom is -0.360 e. The quantitative estimate of drug-likeness (QED) is 0.826. The van der Waals surface area contributed by atoms with Crippen molar-refractivity contribution in [1.82, 2.24) is 5.32 Å². The van der Waals surface area contributed by atoms with Crippen molar-refractivity contribution in [3.05, 3.63) is 52.7 Å². The Bertz CT molecular complexity index is 621. The Morgan fingerprint density at radius 1 is 1.21 bits per heavy atom. The molecule has 1 atom stereocenters. The van der Waals surface area contributed by atoms with Gasteiger partial charge in [-0.15, -0.1) is 11.3 Å². The number of anilines is 1. The van der Waals surface area contributed by atoms with Crippen molar-refractivity contribution in [2.24, 2.45) is 0 Å². The first-order chi connectivity index (χ1) is 11.7. The van der Waals surface area contributed by atoms with Gasteiger partial charge in [0.15, 0.2) is 6.04 Å². The van der Waals surface area contributed by atoms with Gasteiger partial charge in [0, 0.05) is 17.1 Å². The summed E-state index contributed by atoms with van der Waals surface area (Å²) in [5.74, 6) is 0.176. The number of hydrogen-bond acceptors (Lipinski definition) is 3. The highest BCUT2D eigenvalue weighted by atomic mass is 32.1. The standard InChI is InChI=1S/C19H25N3OS/c1-16(19(23)20-10-9-18-8-5-15-24-18)21-11-13-22(14-12-21)17-6-3-2-4-7-17/h2-8,15-16H,9-14H2,1H3,(H,20,23)/p+1/t16-/m1/s1. The molecule has 1 saturated heterocycles. The first-order valence-corrected chi connectivity index (χ1v) is 9.56. The minimum atomic E-state index is 0.0197. The molecule has 0 unspecified atom stereocenters. The second-order valence-corrected chi connectivity index (χ2v) is 7.36. The van der Waals surface area contributed by atoms with Crippen molar-refractivity contribution in [3.8, 4) is 0 Å². The summed E-state index contributed by atoms with van der Waals surface area (Å²) in [6.07, 6.45) is 0.924. The maximum Gasteiger partial charge on any atom is 0.278 e. The zero-order chi connectivity index (χ0) is 16.8. The molecule has 0 aliphatic carbocycles. The Balaban J connectivity index is 1.42. The van der Waals surface area contributed by atoms with Gasteiger partial charge < -0.3 is 15.1 Å². The molecule has 1 aliphatic heterocycles. The van der Waals surface area contributed by atoms with Gasteiger partial charge in [-0.05, 0) is 36.9 Å². The van der Waals surface area contributed by atoms with Gasteiger partial charge in [-0.25, -0.2) is 0 Å². The number of nitrogens with one attached hydrogen (secondary N) is 2. The van der Waals surface area contributed by atoms with Crippen molar-refractivity contribution in [2.75, 3.05) is 37.6 Å². The monoisotopic (exact) mass is 344 g/mol. The zero-order valence-corrected chi connectivity index (χ0v) is 15.0. The van der Waals surface area contributed by atoms with Crippen molar-refractivity contribution in [1.29, 1.82) is 0 Å². The lowest BCUT2D eigenvalue weighted by molar-refractivity contribution is -0.914. The Morgan fingerprint density at radius 2 is 1.96 bits per heavy atom. The third-order valence-corrected chi connectivity index (χ3v) is 5.72. The van der Waals surface area contributed by atoms with Crippen LogP contribution in [0.2, 0.25) is 0 Å². The maximum atomic E-state index is 12.4. The molecule has 1 aromatic heterocycles. The lowest BCUT2D eigenvalue weighted by atomic mass is 10.2. The fraction of sp³-hybridized carbons (Fsp3) is 0.421. The van der Waals surface area contributed by atoms with E-state index in [1.165, 1.54) is 15.5 Å². The van der Waals surface area contributed by atoms with Gasteiger partial charge in [0.1, 0.15) is 0 Å². The van der Waals surface area contributed by atoms with Gasteiger partial charge in [0.2, 0.25) is 0 Å². The third-order valence-electron chi connectivity index (χ3n) is 4.78. The van der Waals surface area contributed by atoms with Crippen LogP contribution in [0.5, 0.6) is 0 Å². The normalized spacial score (nSPS) is 16.8. The Hall–Kier alpha value is -1.85. The second-order valence-electron chi connectivity index (χ2n) is 6.32. The number of piperazine rings is 1. The number of thiophene rings is 1. The van der Waals surface area contributed by atoms with Gasteiger partial charge in [-0.1, -0.05) is 24.3 Å². The third kappa shape index (κ3) is 4.36. The average Bonchev–Trinajstić information content (AvgIpc) is 3.15. The SMILES string of the molecule is C[C@H](C(=O)NCCc1cccs1)[NH+]1CCN(c2ccccc2)CC1. The van der Waals surface area contributed by atoms with Gasteiger partial charge in [0.25, 0.3) is 5.91 Å². The molecule has 5 heteroatoms. The number of quaternary nitrogens is 1. The zero-order valence-electron chi connectivity index (χ0n) is 14.2. The predicted molar refractivity (Wildman–Crippen MR) is 99.8 cm³/mol. The molecular formula is C19H26N3OS+. The van der Waals surface area contributed by atoms with Crippen molar-refractivity contribution >= 4 is 22.9 Å². The molecule has 4 nitrogen and oxygen atoms in total. The molecule has 1 fully saturated rings. The summed E-state index contributed by atoms with van der Waals surface area (Å²) in [6.45, 7) is 6.81. The summed E-state index contributed by atoms with van der Waals surface area (Å²) in [7, 11) is 0. The molecule has 3 rings (SSSR count).